The lowest BCUT2D eigenvalue weighted by Gasteiger charge is -2.32. The highest BCUT2D eigenvalue weighted by molar-refractivity contribution is 5.97. The lowest BCUT2D eigenvalue weighted by atomic mass is 10.0. The van der Waals surface area contributed by atoms with Crippen molar-refractivity contribution in [2.75, 3.05) is 13.1 Å². The van der Waals surface area contributed by atoms with Gasteiger partial charge in [-0.3, -0.25) is 43.3 Å². The van der Waals surface area contributed by atoms with Crippen LogP contribution in [0.1, 0.15) is 78.2 Å². The number of hydrogen-bond acceptors (Lipinski definition) is 12. The summed E-state index contributed by atoms with van der Waals surface area (Å²) >= 11 is 0. The van der Waals surface area contributed by atoms with Crippen molar-refractivity contribution in [2.45, 2.75) is 127 Å². The predicted molar refractivity (Wildman–Crippen MR) is 215 cm³/mol. The van der Waals surface area contributed by atoms with Crippen molar-refractivity contribution < 1.29 is 58.8 Å². The van der Waals surface area contributed by atoms with Crippen LogP contribution in [0.2, 0.25) is 0 Å². The SMILES string of the molecule is CC(C)C[C@H](NC(=O)[C@H](CCC(=O)O)NC(=O)[C@@H]1CCCN1C(=O)[C@@H](NC(=O)[C@H](Cc1ccc(O)cc1)NC(=O)[C@@H](N)CCCN=C(N)N)[C@@H](C)O)C(=O)N[C@@H](C)C(=O)O. The maximum Gasteiger partial charge on any atom is 0.325 e. The van der Waals surface area contributed by atoms with Gasteiger partial charge in [0.25, 0.3) is 0 Å². The van der Waals surface area contributed by atoms with Crippen molar-refractivity contribution in [2.24, 2.45) is 28.1 Å². The highest BCUT2D eigenvalue weighted by Gasteiger charge is 2.41. The molecule has 0 unspecified atom stereocenters. The zero-order valence-electron chi connectivity index (χ0n) is 34.3. The number of aliphatic hydroxyl groups excluding tert-OH is 1. The number of guanidine groups is 1. The first-order chi connectivity index (χ1) is 28.1. The Labute approximate surface area is 347 Å². The molecule has 1 fully saturated rings. The van der Waals surface area contributed by atoms with E-state index in [1.54, 1.807) is 13.8 Å². The van der Waals surface area contributed by atoms with E-state index in [0.717, 1.165) is 4.90 Å². The number of nitrogens with two attached hydrogens (primary N) is 3. The van der Waals surface area contributed by atoms with Crippen LogP contribution in [0.25, 0.3) is 0 Å². The standard InChI is InChI=1S/C38H60N10O12/c1-19(2)17-26(33(55)43-20(3)37(59)60)46-32(54)25(13-14-29(51)52)44-35(57)28-8-6-16-48(28)36(58)30(21(4)49)47-34(56)27(18-22-9-11-23(50)12-10-22)45-31(53)24(39)7-5-15-42-38(40)41/h9-12,19-21,24-28,30,49-50H,5-8,13-18,39H2,1-4H3,(H,43,55)(H,44,57)(H,45,53)(H,46,54)(H,47,56)(H,51,52)(H,59,60)(H4,40,41,42)/t20-,21+,24-,25-,26-,27-,28-,30-/m0/s1. The Morgan fingerprint density at radius 2 is 1.42 bits per heavy atom. The second-order valence-electron chi connectivity index (χ2n) is 15.2. The predicted octanol–water partition coefficient (Wildman–Crippen LogP) is -2.87. The van der Waals surface area contributed by atoms with Crippen molar-refractivity contribution in [3.63, 3.8) is 0 Å². The summed E-state index contributed by atoms with van der Waals surface area (Å²) in [5.41, 5.74) is 17.3. The molecule has 0 saturated carbocycles. The number of aromatic hydroxyl groups is 1. The van der Waals surface area contributed by atoms with E-state index in [4.69, 9.17) is 17.2 Å². The number of carboxylic acids is 2. The summed E-state index contributed by atoms with van der Waals surface area (Å²) in [6.45, 7) is 6.20. The average Bonchev–Trinajstić information content (AvgIpc) is 3.66. The minimum absolute atomic E-state index is 0.00275. The van der Waals surface area contributed by atoms with Crippen LogP contribution in [0.4, 0.5) is 0 Å². The van der Waals surface area contributed by atoms with Gasteiger partial charge in [0.05, 0.1) is 12.1 Å². The number of rotatable bonds is 24. The Balaban J connectivity index is 2.30. The van der Waals surface area contributed by atoms with E-state index < -0.39 is 109 Å². The molecule has 1 heterocycles. The van der Waals surface area contributed by atoms with Gasteiger partial charge in [0.2, 0.25) is 35.4 Å². The van der Waals surface area contributed by atoms with Crippen LogP contribution in [0.3, 0.4) is 0 Å². The third kappa shape index (κ3) is 16.7. The lowest BCUT2D eigenvalue weighted by molar-refractivity contribution is -0.145. The van der Waals surface area contributed by atoms with Crippen LogP contribution >= 0.6 is 0 Å². The molecule has 334 valence electrons. The second kappa shape index (κ2) is 24.1. The summed E-state index contributed by atoms with van der Waals surface area (Å²) in [6.07, 6.45) is -1.64. The zero-order valence-corrected chi connectivity index (χ0v) is 34.3. The van der Waals surface area contributed by atoms with Gasteiger partial charge in [-0.25, -0.2) is 0 Å². The van der Waals surface area contributed by atoms with Crippen molar-refractivity contribution in [1.29, 1.82) is 0 Å². The molecule has 1 aromatic rings. The lowest BCUT2D eigenvalue weighted by Crippen LogP contribution is -2.61. The monoisotopic (exact) mass is 848 g/mol. The summed E-state index contributed by atoms with van der Waals surface area (Å²) in [5, 5.41) is 51.5. The van der Waals surface area contributed by atoms with Crippen molar-refractivity contribution in [1.82, 2.24) is 31.5 Å². The molecule has 60 heavy (non-hydrogen) atoms. The molecule has 2 rings (SSSR count). The number of nitrogens with one attached hydrogen (secondary N) is 5. The van der Waals surface area contributed by atoms with Gasteiger partial charge in [-0.05, 0) is 76.0 Å². The first kappa shape index (κ1) is 50.1. The molecule has 0 aliphatic carbocycles. The molecule has 1 aliphatic rings. The topological polar surface area (TPSA) is 371 Å². The molecule has 8 atom stereocenters. The van der Waals surface area contributed by atoms with Crippen LogP contribution in [0.15, 0.2) is 29.3 Å². The van der Waals surface area contributed by atoms with Gasteiger partial charge in [0.1, 0.15) is 42.0 Å². The maximum atomic E-state index is 14.0. The first-order valence-electron chi connectivity index (χ1n) is 19.6. The number of nitrogens with zero attached hydrogens (tertiary/aromatic N) is 2. The van der Waals surface area contributed by atoms with Crippen LogP contribution in [-0.2, 0) is 44.8 Å². The normalized spacial score (nSPS) is 17.1. The molecule has 0 radical (unpaired) electrons. The Hall–Kier alpha value is -6.03. The minimum Gasteiger partial charge on any atom is -0.508 e. The minimum atomic E-state index is -1.63. The van der Waals surface area contributed by atoms with E-state index >= 15 is 0 Å². The van der Waals surface area contributed by atoms with Gasteiger partial charge in [0.15, 0.2) is 5.96 Å². The van der Waals surface area contributed by atoms with Gasteiger partial charge in [-0.1, -0.05) is 26.0 Å². The third-order valence-electron chi connectivity index (χ3n) is 9.55. The molecule has 1 aromatic carbocycles. The summed E-state index contributed by atoms with van der Waals surface area (Å²) < 4.78 is 0. The number of carboxylic acid groups (broad SMARTS) is 2. The number of benzene rings is 1. The number of aliphatic carboxylic acids is 2. The molecular weight excluding hydrogens is 788 g/mol. The van der Waals surface area contributed by atoms with Crippen LogP contribution in [-0.4, -0.2) is 140 Å². The van der Waals surface area contributed by atoms with Gasteiger partial charge in [-0.2, -0.15) is 0 Å². The zero-order chi connectivity index (χ0) is 45.3. The molecule has 0 bridgehead atoms. The Bertz CT molecular complexity index is 1700. The number of carbonyl (C=O) groups is 8. The maximum absolute atomic E-state index is 14.0. The van der Waals surface area contributed by atoms with Gasteiger partial charge in [-0.15, -0.1) is 0 Å². The summed E-state index contributed by atoms with van der Waals surface area (Å²) in [4.78, 5) is 109. The fourth-order valence-electron chi connectivity index (χ4n) is 6.29. The number of amides is 6. The van der Waals surface area contributed by atoms with Crippen molar-refractivity contribution >= 4 is 53.3 Å². The van der Waals surface area contributed by atoms with Gasteiger partial charge < -0.3 is 69.1 Å². The molecule has 1 aliphatic heterocycles. The average molecular weight is 849 g/mol. The molecular formula is C38H60N10O12. The van der Waals surface area contributed by atoms with E-state index in [-0.39, 0.29) is 56.4 Å². The van der Waals surface area contributed by atoms with E-state index in [0.29, 0.717) is 18.4 Å². The van der Waals surface area contributed by atoms with E-state index in [1.807, 2.05) is 0 Å². The van der Waals surface area contributed by atoms with Crippen LogP contribution in [0, 0.1) is 5.92 Å². The Morgan fingerprint density at radius 1 is 0.817 bits per heavy atom. The smallest absolute Gasteiger partial charge is 0.325 e. The van der Waals surface area contributed by atoms with E-state index in [9.17, 15) is 58.8 Å². The van der Waals surface area contributed by atoms with Gasteiger partial charge >= 0.3 is 11.9 Å². The quantitative estimate of drug-likeness (QED) is 0.0283. The number of aliphatic imine (C=N–C) groups is 1. The number of hydrogen-bond donors (Lipinski definition) is 12. The molecule has 22 heteroatoms. The number of phenols is 1. The molecule has 22 nitrogen and oxygen atoms in total. The van der Waals surface area contributed by atoms with Crippen molar-refractivity contribution in [3.8, 4) is 5.75 Å². The number of aliphatic hydroxyl groups is 1. The third-order valence-corrected chi connectivity index (χ3v) is 9.55. The van der Waals surface area contributed by atoms with Gasteiger partial charge in [0, 0.05) is 25.9 Å². The fourth-order valence-corrected chi connectivity index (χ4v) is 6.29. The molecule has 0 aromatic heterocycles. The summed E-state index contributed by atoms with van der Waals surface area (Å²) in [7, 11) is 0. The van der Waals surface area contributed by atoms with Crippen molar-refractivity contribution in [3.05, 3.63) is 29.8 Å². The molecule has 1 saturated heterocycles. The highest BCUT2D eigenvalue weighted by Crippen LogP contribution is 2.21. The molecule has 15 N–H and O–H groups in total. The number of phenolic OH excluding ortho intramolecular Hbond substituents is 1. The highest BCUT2D eigenvalue weighted by atomic mass is 16.4. The summed E-state index contributed by atoms with van der Waals surface area (Å²) in [5.74, 6) is -7.96. The Kier molecular flexibility index (Phi) is 20.2. The second-order valence-corrected chi connectivity index (χ2v) is 15.2. The van der Waals surface area contributed by atoms with Crippen LogP contribution < -0.4 is 43.8 Å². The summed E-state index contributed by atoms with van der Waals surface area (Å²) in [6, 6.07) is -3.50. The number of likely N-dealkylation sites (tertiary alicyclic amines) is 1. The molecule has 6 amide bonds. The van der Waals surface area contributed by atoms with Crippen LogP contribution in [0.5, 0.6) is 5.75 Å². The largest absolute Gasteiger partial charge is 0.508 e. The fraction of sp³-hybridized carbons (Fsp3) is 0.605. The first-order valence-corrected chi connectivity index (χ1v) is 19.6. The van der Waals surface area contributed by atoms with E-state index in [2.05, 4.69) is 31.6 Å². The number of carbonyl (C=O) groups excluding carboxylic acids is 6. The Morgan fingerprint density at radius 3 is 1.98 bits per heavy atom. The van der Waals surface area contributed by atoms with E-state index in [1.165, 1.54) is 38.1 Å². The molecule has 0 spiro atoms.